The molecular formula is C18H25BrCl2N2O4S. The highest BCUT2D eigenvalue weighted by molar-refractivity contribution is 9.08. The Bertz CT molecular complexity index is 843. The third-order valence-electron chi connectivity index (χ3n) is 4.42. The molecule has 0 aromatic heterocycles. The number of rotatable bonds is 6. The molecular weight excluding hydrogens is 491 g/mol. The van der Waals surface area contributed by atoms with Gasteiger partial charge < -0.3 is 10.1 Å². The first-order chi connectivity index (χ1) is 12.9. The normalized spacial score (nSPS) is 21.1. The predicted octanol–water partition coefficient (Wildman–Crippen LogP) is 3.97. The summed E-state index contributed by atoms with van der Waals surface area (Å²) in [5, 5.41) is 3.35. The summed E-state index contributed by atoms with van der Waals surface area (Å²) >= 11 is 15.8. The summed E-state index contributed by atoms with van der Waals surface area (Å²) in [6.07, 6.45) is 0.169. The van der Waals surface area contributed by atoms with Crippen LogP contribution in [0.3, 0.4) is 0 Å². The molecule has 2 atom stereocenters. The average Bonchev–Trinajstić information content (AvgIpc) is 2.95. The number of carbonyl (C=O) groups excluding carboxylic acids is 1. The van der Waals surface area contributed by atoms with Crippen molar-refractivity contribution in [2.75, 3.05) is 13.6 Å². The van der Waals surface area contributed by atoms with Gasteiger partial charge in [0.1, 0.15) is 4.90 Å². The second-order valence-corrected chi connectivity index (χ2v) is 10.9. The highest BCUT2D eigenvalue weighted by Crippen LogP contribution is 2.37. The van der Waals surface area contributed by atoms with Crippen molar-refractivity contribution in [2.45, 2.75) is 61.6 Å². The summed E-state index contributed by atoms with van der Waals surface area (Å²) < 4.78 is 34.2. The minimum Gasteiger partial charge on any atom is -0.371 e. The van der Waals surface area contributed by atoms with Crippen LogP contribution in [0.4, 0.5) is 0 Å². The van der Waals surface area contributed by atoms with Gasteiger partial charge in [0.15, 0.2) is 0 Å². The van der Waals surface area contributed by atoms with Gasteiger partial charge in [-0.25, -0.2) is 8.42 Å². The van der Waals surface area contributed by atoms with Crippen molar-refractivity contribution in [3.05, 3.63) is 27.7 Å². The molecule has 0 spiro atoms. The van der Waals surface area contributed by atoms with Gasteiger partial charge in [-0.2, -0.15) is 4.31 Å². The fourth-order valence-corrected chi connectivity index (χ4v) is 6.71. The molecule has 0 saturated carbocycles. The summed E-state index contributed by atoms with van der Waals surface area (Å²) in [5.74, 6) is -0.232. The molecule has 1 N–H and O–H groups in total. The van der Waals surface area contributed by atoms with Gasteiger partial charge in [-0.15, -0.1) is 0 Å². The van der Waals surface area contributed by atoms with Crippen molar-refractivity contribution in [1.82, 2.24) is 9.62 Å². The Morgan fingerprint density at radius 3 is 2.54 bits per heavy atom. The van der Waals surface area contributed by atoms with Crippen LogP contribution in [0.5, 0.6) is 0 Å². The number of hydrogen-bond acceptors (Lipinski definition) is 4. The molecule has 1 amide bonds. The van der Waals surface area contributed by atoms with E-state index in [2.05, 4.69) is 21.2 Å². The third-order valence-corrected chi connectivity index (χ3v) is 7.84. The number of nitrogens with one attached hydrogen (secondary N) is 1. The molecule has 10 heteroatoms. The van der Waals surface area contributed by atoms with Crippen LogP contribution >= 0.6 is 39.1 Å². The maximum absolute atomic E-state index is 13.4. The SMILES string of the molecule is CNC(=O)C[C@@H]1C[C@@H](OC(C)(C)C)CN1S(=O)(=O)c1ccc(Cl)c(CBr)c1Cl. The first-order valence-corrected chi connectivity index (χ1v) is 12.2. The molecule has 1 aliphatic rings. The van der Waals surface area contributed by atoms with Gasteiger partial charge in [0.05, 0.1) is 16.7 Å². The van der Waals surface area contributed by atoms with Crippen LogP contribution in [-0.2, 0) is 24.9 Å². The van der Waals surface area contributed by atoms with E-state index < -0.39 is 21.7 Å². The molecule has 0 radical (unpaired) electrons. The van der Waals surface area contributed by atoms with Crippen molar-refractivity contribution >= 4 is 55.1 Å². The zero-order valence-corrected chi connectivity index (χ0v) is 20.2. The molecule has 1 saturated heterocycles. The van der Waals surface area contributed by atoms with Crippen LogP contribution in [0.25, 0.3) is 0 Å². The predicted molar refractivity (Wildman–Crippen MR) is 115 cm³/mol. The lowest BCUT2D eigenvalue weighted by Gasteiger charge is -2.25. The van der Waals surface area contributed by atoms with E-state index in [-0.39, 0.29) is 34.9 Å². The number of halogens is 3. The number of sulfonamides is 1. The Labute approximate surface area is 185 Å². The van der Waals surface area contributed by atoms with Gasteiger partial charge in [0.25, 0.3) is 0 Å². The Morgan fingerprint density at radius 2 is 2.00 bits per heavy atom. The van der Waals surface area contributed by atoms with Gasteiger partial charge >= 0.3 is 0 Å². The van der Waals surface area contributed by atoms with Crippen molar-refractivity contribution in [3.63, 3.8) is 0 Å². The molecule has 1 heterocycles. The molecule has 0 bridgehead atoms. The topological polar surface area (TPSA) is 75.7 Å². The molecule has 0 unspecified atom stereocenters. The molecule has 0 aliphatic carbocycles. The van der Waals surface area contributed by atoms with E-state index in [9.17, 15) is 13.2 Å². The minimum absolute atomic E-state index is 0.0219. The standard InChI is InChI=1S/C18H25BrCl2N2O4S/c1-18(2,3)27-12-7-11(8-16(24)22-4)23(10-12)28(25,26)15-6-5-14(20)13(9-19)17(15)21/h5-6,11-12H,7-10H2,1-4H3,(H,22,24)/t11-,12+/m0/s1. The summed E-state index contributed by atoms with van der Waals surface area (Å²) in [7, 11) is -2.42. The zero-order chi connectivity index (χ0) is 21.3. The van der Waals surface area contributed by atoms with E-state index in [1.54, 1.807) is 0 Å². The highest BCUT2D eigenvalue weighted by Gasteiger charge is 2.43. The maximum Gasteiger partial charge on any atom is 0.244 e. The zero-order valence-electron chi connectivity index (χ0n) is 16.3. The molecule has 1 aromatic carbocycles. The average molecular weight is 516 g/mol. The van der Waals surface area contributed by atoms with Gasteiger partial charge in [0, 0.05) is 42.0 Å². The first-order valence-electron chi connectivity index (χ1n) is 8.83. The molecule has 6 nitrogen and oxygen atoms in total. The first kappa shape index (κ1) is 23.9. The largest absolute Gasteiger partial charge is 0.371 e. The lowest BCUT2D eigenvalue weighted by atomic mass is 10.1. The Balaban J connectivity index is 2.43. The van der Waals surface area contributed by atoms with Gasteiger partial charge in [-0.05, 0) is 39.3 Å². The maximum atomic E-state index is 13.4. The number of benzene rings is 1. The van der Waals surface area contributed by atoms with E-state index in [0.717, 1.165) is 0 Å². The van der Waals surface area contributed by atoms with Crippen molar-refractivity contribution in [1.29, 1.82) is 0 Å². The van der Waals surface area contributed by atoms with E-state index in [4.69, 9.17) is 27.9 Å². The number of hydrogen-bond donors (Lipinski definition) is 1. The van der Waals surface area contributed by atoms with Crippen LogP contribution < -0.4 is 5.32 Å². The summed E-state index contributed by atoms with van der Waals surface area (Å²) in [5.41, 5.74) is 0.0808. The lowest BCUT2D eigenvalue weighted by molar-refractivity contribution is -0.121. The molecule has 28 heavy (non-hydrogen) atoms. The molecule has 2 rings (SSSR count). The Hall–Kier alpha value is -0.380. The van der Waals surface area contributed by atoms with Crippen LogP contribution in [0.15, 0.2) is 17.0 Å². The van der Waals surface area contributed by atoms with Crippen LogP contribution in [0.1, 0.15) is 39.2 Å². The van der Waals surface area contributed by atoms with E-state index in [1.807, 2.05) is 20.8 Å². The second-order valence-electron chi connectivity index (χ2n) is 7.67. The molecule has 158 valence electrons. The molecule has 1 aliphatic heterocycles. The number of carbonyl (C=O) groups is 1. The monoisotopic (exact) mass is 514 g/mol. The molecule has 1 fully saturated rings. The Kier molecular flexibility index (Phi) is 7.84. The van der Waals surface area contributed by atoms with Crippen molar-refractivity contribution in [3.8, 4) is 0 Å². The van der Waals surface area contributed by atoms with Crippen LogP contribution in [-0.4, -0.2) is 50.0 Å². The smallest absolute Gasteiger partial charge is 0.244 e. The number of ether oxygens (including phenoxy) is 1. The number of nitrogens with zero attached hydrogens (tertiary/aromatic N) is 1. The quantitative estimate of drug-likeness (QED) is 0.581. The van der Waals surface area contributed by atoms with E-state index in [0.29, 0.717) is 22.3 Å². The van der Waals surface area contributed by atoms with Gasteiger partial charge in [-0.1, -0.05) is 39.1 Å². The van der Waals surface area contributed by atoms with E-state index >= 15 is 0 Å². The minimum atomic E-state index is -3.95. The fourth-order valence-electron chi connectivity index (χ4n) is 3.25. The number of amides is 1. The van der Waals surface area contributed by atoms with Crippen molar-refractivity contribution in [2.24, 2.45) is 0 Å². The highest BCUT2D eigenvalue weighted by atomic mass is 79.9. The summed E-state index contributed by atoms with van der Waals surface area (Å²) in [4.78, 5) is 11.9. The fraction of sp³-hybridized carbons (Fsp3) is 0.611. The number of alkyl halides is 1. The van der Waals surface area contributed by atoms with E-state index in [1.165, 1.54) is 23.5 Å². The Morgan fingerprint density at radius 1 is 1.36 bits per heavy atom. The summed E-state index contributed by atoms with van der Waals surface area (Å²) in [6.45, 7) is 5.90. The lowest BCUT2D eigenvalue weighted by Crippen LogP contribution is -2.39. The summed E-state index contributed by atoms with van der Waals surface area (Å²) in [6, 6.07) is 2.40. The van der Waals surface area contributed by atoms with Crippen molar-refractivity contribution < 1.29 is 17.9 Å². The van der Waals surface area contributed by atoms with Gasteiger partial charge in [0.2, 0.25) is 15.9 Å². The molecule has 1 aromatic rings. The van der Waals surface area contributed by atoms with Crippen LogP contribution in [0.2, 0.25) is 10.0 Å². The van der Waals surface area contributed by atoms with Gasteiger partial charge in [-0.3, -0.25) is 4.79 Å². The second kappa shape index (κ2) is 9.18. The van der Waals surface area contributed by atoms with Crippen LogP contribution in [0, 0.1) is 0 Å². The third kappa shape index (κ3) is 5.40.